The number of nitrogens with zero attached hydrogens (tertiary/aromatic N) is 1. The Bertz CT molecular complexity index is 4110. The molecule has 350 valence electrons. The second kappa shape index (κ2) is 17.0. The largest absolute Gasteiger partial charge is 0.310 e. The monoisotopic (exact) mass is 951 g/mol. The van der Waals surface area contributed by atoms with Gasteiger partial charge in [-0.1, -0.05) is 261 Å². The van der Waals surface area contributed by atoms with Gasteiger partial charge in [-0.25, -0.2) is 0 Å². The lowest BCUT2D eigenvalue weighted by atomic mass is 9.65. The summed E-state index contributed by atoms with van der Waals surface area (Å²) in [5, 5.41) is 0. The van der Waals surface area contributed by atoms with Gasteiger partial charge in [0.2, 0.25) is 0 Å². The van der Waals surface area contributed by atoms with E-state index in [1.807, 2.05) is 0 Å². The fraction of sp³-hybridized carbons (Fsp3) is 0.0270. The summed E-state index contributed by atoms with van der Waals surface area (Å²) in [6.45, 7) is 0. The molecule has 1 heteroatoms. The maximum Gasteiger partial charge on any atom is 0.0726 e. The summed E-state index contributed by atoms with van der Waals surface area (Å²) >= 11 is 0. The molecule has 1 unspecified atom stereocenters. The molecule has 15 rings (SSSR count). The first kappa shape index (κ1) is 43.1. The zero-order valence-electron chi connectivity index (χ0n) is 41.2. The molecule has 0 aromatic heterocycles. The molecule has 12 aromatic carbocycles. The molecule has 1 nitrogen and oxygen atoms in total. The van der Waals surface area contributed by atoms with E-state index in [9.17, 15) is 0 Å². The van der Waals surface area contributed by atoms with Gasteiger partial charge < -0.3 is 4.90 Å². The number of benzene rings is 12. The van der Waals surface area contributed by atoms with Gasteiger partial charge in [0, 0.05) is 17.1 Å². The minimum absolute atomic E-state index is 0.496. The van der Waals surface area contributed by atoms with Crippen LogP contribution in [0, 0.1) is 0 Å². The van der Waals surface area contributed by atoms with Crippen LogP contribution in [0.2, 0.25) is 0 Å². The smallest absolute Gasteiger partial charge is 0.0726 e. The van der Waals surface area contributed by atoms with Crippen LogP contribution in [0.4, 0.5) is 17.1 Å². The minimum Gasteiger partial charge on any atom is -0.310 e. The van der Waals surface area contributed by atoms with E-state index in [-0.39, 0.29) is 0 Å². The molecule has 0 fully saturated rings. The Hall–Kier alpha value is -9.56. The molecule has 3 aliphatic rings. The van der Waals surface area contributed by atoms with Gasteiger partial charge >= 0.3 is 0 Å². The number of rotatable bonds is 8. The van der Waals surface area contributed by atoms with Gasteiger partial charge in [-0.05, 0) is 148 Å². The molecule has 1 atom stereocenters. The van der Waals surface area contributed by atoms with Crippen molar-refractivity contribution in [2.75, 3.05) is 4.90 Å². The third-order valence-electron chi connectivity index (χ3n) is 16.6. The Kier molecular flexibility index (Phi) is 9.77. The fourth-order valence-electron chi connectivity index (χ4n) is 13.6. The van der Waals surface area contributed by atoms with E-state index in [1.54, 1.807) is 0 Å². The summed E-state index contributed by atoms with van der Waals surface area (Å²) in [4.78, 5) is 2.52. The highest BCUT2D eigenvalue weighted by Gasteiger charge is 2.52. The van der Waals surface area contributed by atoms with E-state index in [4.69, 9.17) is 0 Å². The molecule has 0 amide bonds. The molecule has 0 N–H and O–H groups in total. The van der Waals surface area contributed by atoms with Crippen molar-refractivity contribution in [3.05, 3.63) is 342 Å². The molecule has 0 aliphatic heterocycles. The van der Waals surface area contributed by atoms with Crippen molar-refractivity contribution >= 4 is 17.1 Å². The van der Waals surface area contributed by atoms with Gasteiger partial charge in [-0.3, -0.25) is 0 Å². The molecule has 3 aliphatic carbocycles. The van der Waals surface area contributed by atoms with Crippen molar-refractivity contribution in [3.8, 4) is 66.8 Å². The van der Waals surface area contributed by atoms with E-state index in [2.05, 4.69) is 302 Å². The zero-order chi connectivity index (χ0) is 49.5. The van der Waals surface area contributed by atoms with E-state index < -0.39 is 10.8 Å². The molecule has 12 aromatic rings. The lowest BCUT2D eigenvalue weighted by Gasteiger charge is -2.36. The van der Waals surface area contributed by atoms with Crippen molar-refractivity contribution in [2.24, 2.45) is 0 Å². The average Bonchev–Trinajstić information content (AvgIpc) is 4.19. The quantitative estimate of drug-likeness (QED) is 0.147. The second-order valence-electron chi connectivity index (χ2n) is 20.2. The van der Waals surface area contributed by atoms with Crippen LogP contribution in [0.5, 0.6) is 0 Å². The third kappa shape index (κ3) is 6.25. The summed E-state index contributed by atoms with van der Waals surface area (Å²) in [6, 6.07) is 111. The maximum atomic E-state index is 2.53. The van der Waals surface area contributed by atoms with Crippen molar-refractivity contribution in [2.45, 2.75) is 10.8 Å². The Labute approximate surface area is 439 Å². The summed E-state index contributed by atoms with van der Waals surface area (Å²) in [6.07, 6.45) is 0. The highest BCUT2D eigenvalue weighted by Crippen LogP contribution is 2.64. The summed E-state index contributed by atoms with van der Waals surface area (Å²) < 4.78 is 0. The molecular weight excluding hydrogens is 903 g/mol. The van der Waals surface area contributed by atoms with Gasteiger partial charge in [0.15, 0.2) is 0 Å². The van der Waals surface area contributed by atoms with Crippen LogP contribution in [0.25, 0.3) is 66.8 Å². The van der Waals surface area contributed by atoms with Crippen LogP contribution in [0.1, 0.15) is 44.5 Å². The number of fused-ring (bicyclic) bond motifs is 13. The molecule has 0 radical (unpaired) electrons. The predicted molar refractivity (Wildman–Crippen MR) is 311 cm³/mol. The van der Waals surface area contributed by atoms with Gasteiger partial charge in [0.1, 0.15) is 0 Å². The molecule has 0 saturated heterocycles. The lowest BCUT2D eigenvalue weighted by molar-refractivity contribution is 0.770. The first-order chi connectivity index (χ1) is 37.2. The van der Waals surface area contributed by atoms with Crippen molar-refractivity contribution < 1.29 is 0 Å². The normalized spacial score (nSPS) is 14.8. The van der Waals surface area contributed by atoms with Crippen molar-refractivity contribution in [1.82, 2.24) is 0 Å². The fourth-order valence-corrected chi connectivity index (χ4v) is 13.6. The second-order valence-corrected chi connectivity index (χ2v) is 20.2. The van der Waals surface area contributed by atoms with Crippen LogP contribution in [-0.2, 0) is 10.8 Å². The number of anilines is 3. The first-order valence-corrected chi connectivity index (χ1v) is 26.2. The molecule has 1 spiro atoms. The van der Waals surface area contributed by atoms with E-state index in [0.717, 1.165) is 17.1 Å². The first-order valence-electron chi connectivity index (χ1n) is 26.2. The van der Waals surface area contributed by atoms with E-state index in [0.29, 0.717) is 0 Å². The van der Waals surface area contributed by atoms with Crippen LogP contribution in [-0.4, -0.2) is 0 Å². The van der Waals surface area contributed by atoms with Crippen molar-refractivity contribution in [1.29, 1.82) is 0 Å². The Morgan fingerprint density at radius 1 is 0.200 bits per heavy atom. The summed E-state index contributed by atoms with van der Waals surface area (Å²) in [7, 11) is 0. The van der Waals surface area contributed by atoms with Gasteiger partial charge in [-0.2, -0.15) is 0 Å². The Morgan fingerprint density at radius 2 is 0.573 bits per heavy atom. The third-order valence-corrected chi connectivity index (χ3v) is 16.6. The van der Waals surface area contributed by atoms with E-state index >= 15 is 0 Å². The number of hydrogen-bond donors (Lipinski definition) is 0. The molecule has 0 bridgehead atoms. The molecule has 0 heterocycles. The van der Waals surface area contributed by atoms with Gasteiger partial charge in [0.05, 0.1) is 10.8 Å². The number of hydrogen-bond acceptors (Lipinski definition) is 1. The highest BCUT2D eigenvalue weighted by atomic mass is 15.1. The minimum atomic E-state index is -0.711. The SMILES string of the molecule is c1ccc(-c2cccc(N(c3ccc4c(c3)C(c3ccccc3)(c3ccccc3-c3ccccc3)c3cccc(-c5ccccc5)c3-4)c3ccc4c(c3)C3(c5ccccc5-c5ccccc53)c3ccccc3-4)c2)cc1. The van der Waals surface area contributed by atoms with Crippen molar-refractivity contribution in [3.63, 3.8) is 0 Å². The summed E-state index contributed by atoms with van der Waals surface area (Å²) in [5.74, 6) is 0. The van der Waals surface area contributed by atoms with E-state index in [1.165, 1.54) is 111 Å². The Morgan fingerprint density at radius 3 is 1.15 bits per heavy atom. The van der Waals surface area contributed by atoms with Gasteiger partial charge in [-0.15, -0.1) is 0 Å². The van der Waals surface area contributed by atoms with Gasteiger partial charge in [0.25, 0.3) is 0 Å². The standard InChI is InChI=1S/C74H49N/c1-5-23-50(24-6-1)53-29-21-32-55(47-53)75(56-43-45-63-62-36-16-20-41-68(62)74(70(63)48-56)66-39-18-14-34-60(66)61-35-15-19-40-67(61)74)57-44-46-64-71(49-57)73(54-30-11-4-12-31-54,65-38-17-13-33-58(65)51-25-7-2-8-26-51)69-42-22-37-59(72(64)69)52-27-9-3-10-28-52/h1-49H. The lowest BCUT2D eigenvalue weighted by Crippen LogP contribution is -2.29. The van der Waals surface area contributed by atoms with Crippen LogP contribution >= 0.6 is 0 Å². The molecule has 75 heavy (non-hydrogen) atoms. The van der Waals surface area contributed by atoms with Crippen LogP contribution in [0.3, 0.4) is 0 Å². The van der Waals surface area contributed by atoms with Crippen LogP contribution in [0.15, 0.2) is 297 Å². The molecule has 0 saturated carbocycles. The topological polar surface area (TPSA) is 3.24 Å². The predicted octanol–water partition coefficient (Wildman–Crippen LogP) is 18.9. The van der Waals surface area contributed by atoms with Crippen LogP contribution < -0.4 is 4.90 Å². The highest BCUT2D eigenvalue weighted by molar-refractivity contribution is 6.00. The average molecular weight is 952 g/mol. The maximum absolute atomic E-state index is 2.53. The Balaban J connectivity index is 1.04. The summed E-state index contributed by atoms with van der Waals surface area (Å²) in [5.41, 5.74) is 27.2. The zero-order valence-corrected chi connectivity index (χ0v) is 41.2. The molecular formula is C74H49N.